The van der Waals surface area contributed by atoms with Crippen molar-refractivity contribution in [3.63, 3.8) is 0 Å². The molecule has 4 heteroatoms. The maximum Gasteiger partial charge on any atom is 0.0991 e. The van der Waals surface area contributed by atoms with Gasteiger partial charge >= 0.3 is 0 Å². The molecule has 38 heavy (non-hydrogen) atoms. The summed E-state index contributed by atoms with van der Waals surface area (Å²) >= 11 is 0. The van der Waals surface area contributed by atoms with Crippen LogP contribution in [0.3, 0.4) is 0 Å². The highest BCUT2D eigenvalue weighted by atomic mass is 15.2. The van der Waals surface area contributed by atoms with Crippen molar-refractivity contribution >= 4 is 34.1 Å². The van der Waals surface area contributed by atoms with Crippen LogP contribution in [0.5, 0.6) is 0 Å². The molecule has 0 spiro atoms. The second-order valence-corrected chi connectivity index (χ2v) is 10.5. The minimum absolute atomic E-state index is 0.0669. The van der Waals surface area contributed by atoms with Gasteiger partial charge in [0.2, 0.25) is 0 Å². The lowest BCUT2D eigenvalue weighted by Crippen LogP contribution is -2.33. The third kappa shape index (κ3) is 3.26. The number of para-hydroxylation sites is 2. The van der Waals surface area contributed by atoms with E-state index in [1.54, 1.807) is 6.20 Å². The first-order chi connectivity index (χ1) is 18.6. The van der Waals surface area contributed by atoms with Gasteiger partial charge in [-0.05, 0) is 82.9 Å². The number of aromatic nitrogens is 1. The summed E-state index contributed by atoms with van der Waals surface area (Å²) in [4.78, 5) is 9.05. The number of nitriles is 1. The summed E-state index contributed by atoms with van der Waals surface area (Å²) < 4.78 is 0. The van der Waals surface area contributed by atoms with Crippen molar-refractivity contribution < 1.29 is 0 Å². The molecule has 1 aromatic heterocycles. The molecule has 0 radical (unpaired) electrons. The minimum atomic E-state index is -0.0669. The van der Waals surface area contributed by atoms with Crippen molar-refractivity contribution in [1.82, 2.24) is 4.98 Å². The first-order valence-electron chi connectivity index (χ1n) is 12.9. The van der Waals surface area contributed by atoms with E-state index >= 15 is 0 Å². The smallest absolute Gasteiger partial charge is 0.0991 e. The van der Waals surface area contributed by atoms with Gasteiger partial charge in [-0.25, -0.2) is 0 Å². The SMILES string of the molecule is CC1(C)c2ccccc2N2c3ccc(N(c4ccc(C#N)cc4)c4cccnc4)cc3Cc3cccc1c32. The molecular weight excluding hydrogens is 464 g/mol. The lowest BCUT2D eigenvalue weighted by Gasteiger charge is -2.45. The van der Waals surface area contributed by atoms with Crippen molar-refractivity contribution in [2.24, 2.45) is 0 Å². The summed E-state index contributed by atoms with van der Waals surface area (Å²) in [6.07, 6.45) is 4.54. The van der Waals surface area contributed by atoms with Gasteiger partial charge in [-0.15, -0.1) is 0 Å². The summed E-state index contributed by atoms with van der Waals surface area (Å²) in [6, 6.07) is 36.3. The van der Waals surface area contributed by atoms with Gasteiger partial charge in [0.1, 0.15) is 0 Å². The Morgan fingerprint density at radius 1 is 0.763 bits per heavy atom. The van der Waals surface area contributed by atoms with Gasteiger partial charge in [-0.2, -0.15) is 5.26 Å². The Hall–Kier alpha value is -4.88. The van der Waals surface area contributed by atoms with E-state index in [1.807, 2.05) is 36.5 Å². The molecule has 4 nitrogen and oxygen atoms in total. The van der Waals surface area contributed by atoms with Gasteiger partial charge in [0.05, 0.1) is 34.9 Å². The van der Waals surface area contributed by atoms with Crippen LogP contribution in [0.2, 0.25) is 0 Å². The topological polar surface area (TPSA) is 43.2 Å². The molecular formula is C34H26N4. The quantitative estimate of drug-likeness (QED) is 0.250. The van der Waals surface area contributed by atoms with Crippen LogP contribution in [0.4, 0.5) is 34.1 Å². The summed E-state index contributed by atoms with van der Waals surface area (Å²) in [5, 5.41) is 9.31. The normalized spacial score (nSPS) is 14.1. The van der Waals surface area contributed by atoms with Crippen LogP contribution in [0.15, 0.2) is 109 Å². The zero-order chi connectivity index (χ0) is 25.9. The Bertz CT molecular complexity index is 1730. The number of hydrogen-bond donors (Lipinski definition) is 0. The number of fused-ring (bicyclic) bond motifs is 4. The Kier molecular flexibility index (Phi) is 4.89. The molecule has 0 fully saturated rings. The highest BCUT2D eigenvalue weighted by molar-refractivity contribution is 5.92. The van der Waals surface area contributed by atoms with Crippen LogP contribution in [0.25, 0.3) is 0 Å². The van der Waals surface area contributed by atoms with Gasteiger partial charge in [0, 0.05) is 35.1 Å². The molecule has 0 unspecified atom stereocenters. The van der Waals surface area contributed by atoms with E-state index in [-0.39, 0.29) is 5.41 Å². The van der Waals surface area contributed by atoms with Crippen LogP contribution >= 0.6 is 0 Å². The predicted octanol–water partition coefficient (Wildman–Crippen LogP) is 8.44. The number of anilines is 6. The third-order valence-electron chi connectivity index (χ3n) is 7.94. The average molecular weight is 491 g/mol. The van der Waals surface area contributed by atoms with Gasteiger partial charge in [-0.3, -0.25) is 4.98 Å². The Labute approximate surface area is 223 Å². The summed E-state index contributed by atoms with van der Waals surface area (Å²) in [6.45, 7) is 4.67. The average Bonchev–Trinajstić information content (AvgIpc) is 2.96. The number of benzene rings is 4. The Morgan fingerprint density at radius 3 is 2.34 bits per heavy atom. The fourth-order valence-corrected chi connectivity index (χ4v) is 6.11. The molecule has 182 valence electrons. The van der Waals surface area contributed by atoms with Gasteiger partial charge in [0.25, 0.3) is 0 Å². The standard InChI is InChI=1S/C34H26N4/c1-34(2)29-9-3-4-11-32(29)38-31-17-16-27(20-25(31)19-24-7-5-10-30(34)33(24)38)37(28-8-6-18-36-22-28)26-14-12-23(21-35)13-15-26/h3-18,20,22H,19H2,1-2H3. The molecule has 0 saturated heterocycles. The molecule has 0 N–H and O–H groups in total. The van der Waals surface area contributed by atoms with E-state index in [2.05, 4.69) is 101 Å². The van der Waals surface area contributed by atoms with E-state index in [4.69, 9.17) is 0 Å². The molecule has 0 amide bonds. The molecule has 0 atom stereocenters. The highest BCUT2D eigenvalue weighted by Gasteiger charge is 2.40. The molecule has 0 saturated carbocycles. The van der Waals surface area contributed by atoms with Crippen LogP contribution in [0, 0.1) is 11.3 Å². The predicted molar refractivity (Wildman–Crippen MR) is 153 cm³/mol. The van der Waals surface area contributed by atoms with E-state index in [0.717, 1.165) is 23.5 Å². The zero-order valence-corrected chi connectivity index (χ0v) is 21.4. The molecule has 4 aromatic carbocycles. The van der Waals surface area contributed by atoms with Gasteiger partial charge < -0.3 is 9.80 Å². The second-order valence-electron chi connectivity index (χ2n) is 10.5. The van der Waals surface area contributed by atoms with E-state index in [0.29, 0.717) is 5.56 Å². The third-order valence-corrected chi connectivity index (χ3v) is 7.94. The largest absolute Gasteiger partial charge is 0.309 e. The first-order valence-corrected chi connectivity index (χ1v) is 12.9. The molecule has 7 rings (SSSR count). The molecule has 0 bridgehead atoms. The van der Waals surface area contributed by atoms with Crippen LogP contribution < -0.4 is 9.80 Å². The minimum Gasteiger partial charge on any atom is -0.309 e. The number of rotatable bonds is 3. The van der Waals surface area contributed by atoms with Crippen LogP contribution in [0.1, 0.15) is 41.7 Å². The van der Waals surface area contributed by atoms with Crippen LogP contribution in [-0.2, 0) is 11.8 Å². The maximum atomic E-state index is 9.31. The molecule has 2 aliphatic heterocycles. The monoisotopic (exact) mass is 490 g/mol. The number of pyridine rings is 1. The number of nitrogens with zero attached hydrogens (tertiary/aromatic N) is 4. The molecule has 0 aliphatic carbocycles. The fourth-order valence-electron chi connectivity index (χ4n) is 6.11. The Morgan fingerprint density at radius 2 is 1.55 bits per heavy atom. The summed E-state index contributed by atoms with van der Waals surface area (Å²) in [5.74, 6) is 0. The fraction of sp³-hybridized carbons (Fsp3) is 0.118. The first kappa shape index (κ1) is 22.3. The molecule has 3 heterocycles. The zero-order valence-electron chi connectivity index (χ0n) is 21.4. The van der Waals surface area contributed by atoms with E-state index < -0.39 is 0 Å². The number of hydrogen-bond acceptors (Lipinski definition) is 4. The summed E-state index contributed by atoms with van der Waals surface area (Å²) in [5.41, 5.74) is 12.7. The maximum absolute atomic E-state index is 9.31. The van der Waals surface area contributed by atoms with Gasteiger partial charge in [0.15, 0.2) is 0 Å². The lowest BCUT2D eigenvalue weighted by molar-refractivity contribution is 0.629. The van der Waals surface area contributed by atoms with Crippen molar-refractivity contribution in [2.45, 2.75) is 25.7 Å². The van der Waals surface area contributed by atoms with Crippen LogP contribution in [-0.4, -0.2) is 4.98 Å². The van der Waals surface area contributed by atoms with Crippen molar-refractivity contribution in [2.75, 3.05) is 9.80 Å². The second kappa shape index (κ2) is 8.33. The van der Waals surface area contributed by atoms with Gasteiger partial charge in [-0.1, -0.05) is 50.2 Å². The van der Waals surface area contributed by atoms with Crippen molar-refractivity contribution in [1.29, 1.82) is 5.26 Å². The van der Waals surface area contributed by atoms with E-state index in [1.165, 1.54) is 39.3 Å². The van der Waals surface area contributed by atoms with Crippen molar-refractivity contribution in [3.05, 3.63) is 137 Å². The highest BCUT2D eigenvalue weighted by Crippen LogP contribution is 2.56. The van der Waals surface area contributed by atoms with Crippen molar-refractivity contribution in [3.8, 4) is 6.07 Å². The summed E-state index contributed by atoms with van der Waals surface area (Å²) in [7, 11) is 0. The molecule has 5 aromatic rings. The van der Waals surface area contributed by atoms with E-state index in [9.17, 15) is 5.26 Å². The molecule has 2 aliphatic rings. The Balaban J connectivity index is 1.41. The lowest BCUT2D eigenvalue weighted by atomic mass is 9.71.